The van der Waals surface area contributed by atoms with Crippen LogP contribution in [0, 0.1) is 6.92 Å². The van der Waals surface area contributed by atoms with Crippen LogP contribution in [0.4, 0.5) is 0 Å². The highest BCUT2D eigenvalue weighted by Gasteiger charge is 2.04. The lowest BCUT2D eigenvalue weighted by molar-refractivity contribution is 1.30. The molecule has 0 unspecified atom stereocenters. The molecule has 0 fully saturated rings. The van der Waals surface area contributed by atoms with Crippen molar-refractivity contribution >= 4 is 10.9 Å². The van der Waals surface area contributed by atoms with Crippen molar-refractivity contribution in [2.45, 2.75) is 6.92 Å². The summed E-state index contributed by atoms with van der Waals surface area (Å²) in [6, 6.07) is 17.7. The molecular formula is C16H13NO. The minimum atomic E-state index is -0.0439. The number of aryl methyl sites for hydroxylation is 1. The summed E-state index contributed by atoms with van der Waals surface area (Å²) in [5.41, 5.74) is 3.69. The molecule has 0 atom stereocenters. The van der Waals surface area contributed by atoms with Gasteiger partial charge < -0.3 is 4.98 Å². The van der Waals surface area contributed by atoms with Crippen LogP contribution in [0.3, 0.4) is 0 Å². The maximum atomic E-state index is 12.1. The van der Waals surface area contributed by atoms with E-state index >= 15 is 0 Å². The van der Waals surface area contributed by atoms with Crippen molar-refractivity contribution in [3.8, 4) is 11.1 Å². The van der Waals surface area contributed by atoms with Crippen LogP contribution >= 0.6 is 0 Å². The van der Waals surface area contributed by atoms with Crippen molar-refractivity contribution in [2.75, 3.05) is 0 Å². The average Bonchev–Trinajstić information content (AvgIpc) is 2.39. The van der Waals surface area contributed by atoms with Gasteiger partial charge in [0.15, 0.2) is 0 Å². The summed E-state index contributed by atoms with van der Waals surface area (Å²) in [6.07, 6.45) is 0. The zero-order valence-corrected chi connectivity index (χ0v) is 10.1. The van der Waals surface area contributed by atoms with Crippen molar-refractivity contribution in [1.29, 1.82) is 0 Å². The van der Waals surface area contributed by atoms with Crippen LogP contribution in [0.5, 0.6) is 0 Å². The Bertz CT molecular complexity index is 757. The van der Waals surface area contributed by atoms with Crippen LogP contribution in [0.2, 0.25) is 0 Å². The molecule has 0 amide bonds. The van der Waals surface area contributed by atoms with Crippen molar-refractivity contribution in [1.82, 2.24) is 4.98 Å². The van der Waals surface area contributed by atoms with E-state index in [2.05, 4.69) is 11.1 Å². The lowest BCUT2D eigenvalue weighted by Crippen LogP contribution is -2.08. The van der Waals surface area contributed by atoms with Gasteiger partial charge in [-0.05, 0) is 36.1 Å². The van der Waals surface area contributed by atoms with Crippen LogP contribution in [0.1, 0.15) is 5.56 Å². The summed E-state index contributed by atoms with van der Waals surface area (Å²) in [5.74, 6) is 0. The molecule has 0 aliphatic heterocycles. The van der Waals surface area contributed by atoms with E-state index < -0.39 is 0 Å². The lowest BCUT2D eigenvalue weighted by atomic mass is 10.0. The van der Waals surface area contributed by atoms with E-state index in [4.69, 9.17) is 0 Å². The zero-order valence-electron chi connectivity index (χ0n) is 10.1. The summed E-state index contributed by atoms with van der Waals surface area (Å²) < 4.78 is 0. The quantitative estimate of drug-likeness (QED) is 0.688. The molecule has 2 heteroatoms. The molecule has 0 spiro atoms. The topological polar surface area (TPSA) is 32.9 Å². The number of nitrogens with one attached hydrogen (secondary N) is 1. The first-order valence-electron chi connectivity index (χ1n) is 5.93. The molecular weight excluding hydrogens is 222 g/mol. The molecule has 1 aromatic heterocycles. The number of aromatic nitrogens is 1. The molecule has 2 nitrogen and oxygen atoms in total. The fourth-order valence-electron chi connectivity index (χ4n) is 2.16. The van der Waals surface area contributed by atoms with Gasteiger partial charge in [-0.3, -0.25) is 4.79 Å². The normalized spacial score (nSPS) is 10.7. The minimum absolute atomic E-state index is 0.0439. The molecule has 3 rings (SSSR count). The molecule has 0 saturated heterocycles. The van der Waals surface area contributed by atoms with Gasteiger partial charge >= 0.3 is 0 Å². The SMILES string of the molecule is Cc1ccc2[nH]c(=O)c(-c3ccccc3)cc2c1. The standard InChI is InChI=1S/C16H13NO/c1-11-7-8-15-13(9-11)10-14(16(18)17-15)12-5-3-2-4-6-12/h2-10H,1H3,(H,17,18). The largest absolute Gasteiger partial charge is 0.321 e. The summed E-state index contributed by atoms with van der Waals surface area (Å²) in [5, 5.41) is 1.06. The van der Waals surface area contributed by atoms with E-state index in [-0.39, 0.29) is 5.56 Å². The fraction of sp³-hybridized carbons (Fsp3) is 0.0625. The van der Waals surface area contributed by atoms with Gasteiger partial charge in [-0.25, -0.2) is 0 Å². The Labute approximate surface area is 105 Å². The van der Waals surface area contributed by atoms with E-state index in [1.165, 1.54) is 5.56 Å². The number of benzene rings is 2. The first kappa shape index (κ1) is 10.8. The highest BCUT2D eigenvalue weighted by Crippen LogP contribution is 2.19. The summed E-state index contributed by atoms with van der Waals surface area (Å²) in [6.45, 7) is 2.05. The molecule has 0 radical (unpaired) electrons. The Kier molecular flexibility index (Phi) is 2.49. The molecule has 0 aliphatic rings. The van der Waals surface area contributed by atoms with E-state index in [1.54, 1.807) is 0 Å². The van der Waals surface area contributed by atoms with Crippen LogP contribution < -0.4 is 5.56 Å². The number of hydrogen-bond acceptors (Lipinski definition) is 1. The average molecular weight is 235 g/mol. The monoisotopic (exact) mass is 235 g/mol. The second kappa shape index (κ2) is 4.15. The van der Waals surface area contributed by atoms with E-state index in [0.717, 1.165) is 16.5 Å². The Morgan fingerprint density at radius 1 is 0.944 bits per heavy atom. The number of hydrogen-bond donors (Lipinski definition) is 1. The first-order chi connectivity index (χ1) is 8.74. The molecule has 1 heterocycles. The number of fused-ring (bicyclic) bond motifs is 1. The van der Waals surface area contributed by atoms with Crippen LogP contribution in [0.15, 0.2) is 59.4 Å². The van der Waals surface area contributed by atoms with E-state index in [0.29, 0.717) is 5.56 Å². The van der Waals surface area contributed by atoms with Crippen LogP contribution in [-0.4, -0.2) is 4.98 Å². The van der Waals surface area contributed by atoms with Crippen molar-refractivity contribution < 1.29 is 0 Å². The third kappa shape index (κ3) is 1.82. The van der Waals surface area contributed by atoms with Gasteiger partial charge in [0, 0.05) is 11.1 Å². The summed E-state index contributed by atoms with van der Waals surface area (Å²) in [4.78, 5) is 15.0. The molecule has 3 aromatic rings. The molecule has 0 bridgehead atoms. The first-order valence-corrected chi connectivity index (χ1v) is 5.93. The molecule has 1 N–H and O–H groups in total. The number of pyridine rings is 1. The van der Waals surface area contributed by atoms with Gasteiger partial charge in [-0.1, -0.05) is 42.0 Å². The molecule has 18 heavy (non-hydrogen) atoms. The predicted octanol–water partition coefficient (Wildman–Crippen LogP) is 3.50. The highest BCUT2D eigenvalue weighted by molar-refractivity contribution is 5.83. The maximum Gasteiger partial charge on any atom is 0.256 e. The second-order valence-electron chi connectivity index (χ2n) is 4.47. The number of aromatic amines is 1. The van der Waals surface area contributed by atoms with Gasteiger partial charge in [0.05, 0.1) is 0 Å². The van der Waals surface area contributed by atoms with Gasteiger partial charge in [0.1, 0.15) is 0 Å². The highest BCUT2D eigenvalue weighted by atomic mass is 16.1. The maximum absolute atomic E-state index is 12.1. The van der Waals surface area contributed by atoms with Crippen LogP contribution in [0.25, 0.3) is 22.0 Å². The second-order valence-corrected chi connectivity index (χ2v) is 4.47. The third-order valence-electron chi connectivity index (χ3n) is 3.08. The fourth-order valence-corrected chi connectivity index (χ4v) is 2.16. The summed E-state index contributed by atoms with van der Waals surface area (Å²) in [7, 11) is 0. The Morgan fingerprint density at radius 3 is 2.50 bits per heavy atom. The van der Waals surface area contributed by atoms with Gasteiger partial charge in [-0.2, -0.15) is 0 Å². The predicted molar refractivity (Wildman–Crippen MR) is 74.7 cm³/mol. The minimum Gasteiger partial charge on any atom is -0.321 e. The van der Waals surface area contributed by atoms with Gasteiger partial charge in [-0.15, -0.1) is 0 Å². The van der Waals surface area contributed by atoms with Crippen LogP contribution in [-0.2, 0) is 0 Å². The molecule has 0 saturated carbocycles. The summed E-state index contributed by atoms with van der Waals surface area (Å²) >= 11 is 0. The zero-order chi connectivity index (χ0) is 12.5. The van der Waals surface area contributed by atoms with Gasteiger partial charge in [0.25, 0.3) is 5.56 Å². The number of rotatable bonds is 1. The number of H-pyrrole nitrogens is 1. The van der Waals surface area contributed by atoms with E-state index in [1.807, 2.05) is 55.5 Å². The van der Waals surface area contributed by atoms with E-state index in [9.17, 15) is 4.79 Å². The van der Waals surface area contributed by atoms with Crippen molar-refractivity contribution in [3.05, 3.63) is 70.5 Å². The molecule has 2 aromatic carbocycles. The molecule has 88 valence electrons. The molecule has 0 aliphatic carbocycles. The Morgan fingerprint density at radius 2 is 1.72 bits per heavy atom. The van der Waals surface area contributed by atoms with Crippen molar-refractivity contribution in [2.24, 2.45) is 0 Å². The van der Waals surface area contributed by atoms with Crippen molar-refractivity contribution in [3.63, 3.8) is 0 Å². The Hall–Kier alpha value is -2.35. The van der Waals surface area contributed by atoms with Gasteiger partial charge in [0.2, 0.25) is 0 Å². The smallest absolute Gasteiger partial charge is 0.256 e. The Balaban J connectivity index is 2.31. The lowest BCUT2D eigenvalue weighted by Gasteiger charge is -2.04. The third-order valence-corrected chi connectivity index (χ3v) is 3.08.